The van der Waals surface area contributed by atoms with E-state index in [0.717, 1.165) is 41.2 Å². The Morgan fingerprint density at radius 2 is 2.06 bits per heavy atom. The topological polar surface area (TPSA) is 59.5 Å². The molecule has 6 heteroatoms. The van der Waals surface area contributed by atoms with Crippen LogP contribution in [-0.2, 0) is 19.4 Å². The van der Waals surface area contributed by atoms with Crippen molar-refractivity contribution in [3.63, 3.8) is 0 Å². The largest absolute Gasteiger partial charge is 0.467 e. The summed E-state index contributed by atoms with van der Waals surface area (Å²) in [7, 11) is 0. The van der Waals surface area contributed by atoms with E-state index in [2.05, 4.69) is 54.2 Å². The number of nitrogens with one attached hydrogen (secondary N) is 1. The van der Waals surface area contributed by atoms with Crippen molar-refractivity contribution in [2.45, 2.75) is 52.1 Å². The summed E-state index contributed by atoms with van der Waals surface area (Å²) in [5.74, 6) is 0.673. The first-order valence-electron chi connectivity index (χ1n) is 11.2. The number of para-hydroxylation sites is 1. The monoisotopic (exact) mass is 445 g/mol. The van der Waals surface area contributed by atoms with Crippen LogP contribution in [0, 0.1) is 0 Å². The second-order valence-electron chi connectivity index (χ2n) is 8.51. The van der Waals surface area contributed by atoms with Crippen LogP contribution in [0.4, 0.5) is 5.00 Å². The van der Waals surface area contributed by atoms with Gasteiger partial charge in [0.05, 0.1) is 18.4 Å². The maximum absolute atomic E-state index is 13.2. The molecule has 5 rings (SSSR count). The van der Waals surface area contributed by atoms with E-state index in [0.29, 0.717) is 12.6 Å². The molecule has 1 aliphatic carbocycles. The van der Waals surface area contributed by atoms with E-state index < -0.39 is 0 Å². The Hall–Kier alpha value is -3.12. The molecule has 1 N–H and O–H groups in total. The lowest BCUT2D eigenvalue weighted by atomic mass is 9.95. The van der Waals surface area contributed by atoms with E-state index in [-0.39, 0.29) is 5.91 Å². The van der Waals surface area contributed by atoms with Gasteiger partial charge in [-0.1, -0.05) is 18.2 Å². The summed E-state index contributed by atoms with van der Waals surface area (Å²) < 4.78 is 7.64. The smallest absolute Gasteiger partial charge is 0.255 e. The van der Waals surface area contributed by atoms with E-state index in [4.69, 9.17) is 9.41 Å². The number of rotatable bonds is 6. The van der Waals surface area contributed by atoms with Gasteiger partial charge in [0.2, 0.25) is 0 Å². The third-order valence-corrected chi connectivity index (χ3v) is 7.23. The van der Waals surface area contributed by atoms with Crippen LogP contribution in [0.1, 0.15) is 64.9 Å². The lowest BCUT2D eigenvalue weighted by Crippen LogP contribution is -2.23. The minimum atomic E-state index is -0.0717. The Kier molecular flexibility index (Phi) is 5.70. The first-order chi connectivity index (χ1) is 15.6. The van der Waals surface area contributed by atoms with Crippen molar-refractivity contribution in [2.75, 3.05) is 0 Å². The standard InChI is InChI=1S/C26H27N3O2S/c1-17(2)29-16-18(20-9-3-5-11-22(20)29)14-28-26-24(21-10-4-6-12-23(21)32-26)25(30)27-15-19-8-7-13-31-19/h3,5,7-9,11,13-14,16-17H,4,6,10,12,15H2,1-2H3,(H,27,30). The number of benzene rings is 1. The quantitative estimate of drug-likeness (QED) is 0.347. The number of carbonyl (C=O) groups is 1. The Labute approximate surface area is 191 Å². The number of aryl methyl sites for hydroxylation is 1. The van der Waals surface area contributed by atoms with Gasteiger partial charge in [-0.3, -0.25) is 4.79 Å². The maximum Gasteiger partial charge on any atom is 0.255 e. The number of hydrogen-bond donors (Lipinski definition) is 1. The molecule has 32 heavy (non-hydrogen) atoms. The van der Waals surface area contributed by atoms with Gasteiger partial charge in [-0.15, -0.1) is 11.3 Å². The summed E-state index contributed by atoms with van der Waals surface area (Å²) in [6, 6.07) is 12.5. The second-order valence-corrected chi connectivity index (χ2v) is 9.60. The highest BCUT2D eigenvalue weighted by Gasteiger charge is 2.25. The van der Waals surface area contributed by atoms with Crippen molar-refractivity contribution in [3.8, 4) is 0 Å². The highest BCUT2D eigenvalue weighted by molar-refractivity contribution is 7.16. The van der Waals surface area contributed by atoms with E-state index in [9.17, 15) is 4.79 Å². The van der Waals surface area contributed by atoms with E-state index >= 15 is 0 Å². The number of amides is 1. The molecule has 164 valence electrons. The zero-order chi connectivity index (χ0) is 22.1. The van der Waals surface area contributed by atoms with Crippen LogP contribution in [0.2, 0.25) is 0 Å². The fraction of sp³-hybridized carbons (Fsp3) is 0.308. The van der Waals surface area contributed by atoms with Crippen LogP contribution in [0.5, 0.6) is 0 Å². The molecule has 0 bridgehead atoms. The molecule has 0 radical (unpaired) electrons. The molecule has 1 aromatic carbocycles. The first kappa shape index (κ1) is 20.8. The third-order valence-electron chi connectivity index (χ3n) is 6.03. The summed E-state index contributed by atoms with van der Waals surface area (Å²) in [5, 5.41) is 5.00. The molecule has 0 aliphatic heterocycles. The van der Waals surface area contributed by atoms with E-state index in [1.54, 1.807) is 17.6 Å². The van der Waals surface area contributed by atoms with Crippen LogP contribution in [0.25, 0.3) is 10.9 Å². The predicted molar refractivity (Wildman–Crippen MR) is 130 cm³/mol. The Morgan fingerprint density at radius 1 is 1.22 bits per heavy atom. The van der Waals surface area contributed by atoms with Crippen LogP contribution < -0.4 is 5.32 Å². The van der Waals surface area contributed by atoms with Crippen molar-refractivity contribution < 1.29 is 9.21 Å². The summed E-state index contributed by atoms with van der Waals surface area (Å²) in [5.41, 5.74) is 4.18. The highest BCUT2D eigenvalue weighted by Crippen LogP contribution is 2.40. The van der Waals surface area contributed by atoms with Crippen molar-refractivity contribution in [1.29, 1.82) is 0 Å². The number of thiophene rings is 1. The number of aromatic nitrogens is 1. The van der Waals surface area contributed by atoms with Gasteiger partial charge in [-0.25, -0.2) is 4.99 Å². The lowest BCUT2D eigenvalue weighted by molar-refractivity contribution is 0.0948. The molecular weight excluding hydrogens is 418 g/mol. The van der Waals surface area contributed by atoms with Gasteiger partial charge < -0.3 is 14.3 Å². The van der Waals surface area contributed by atoms with E-state index in [1.807, 2.05) is 18.3 Å². The number of aliphatic imine (C=N–C) groups is 1. The third kappa shape index (κ3) is 3.91. The molecule has 5 nitrogen and oxygen atoms in total. The van der Waals surface area contributed by atoms with Crippen molar-refractivity contribution in [1.82, 2.24) is 9.88 Å². The van der Waals surface area contributed by atoms with Crippen LogP contribution in [-0.4, -0.2) is 16.7 Å². The number of hydrogen-bond acceptors (Lipinski definition) is 4. The molecule has 4 aromatic rings. The fourth-order valence-corrected chi connectivity index (χ4v) is 5.67. The summed E-state index contributed by atoms with van der Waals surface area (Å²) in [4.78, 5) is 19.4. The minimum Gasteiger partial charge on any atom is -0.467 e. The van der Waals surface area contributed by atoms with Gasteiger partial charge in [0.15, 0.2) is 0 Å². The lowest BCUT2D eigenvalue weighted by Gasteiger charge is -2.12. The summed E-state index contributed by atoms with van der Waals surface area (Å²) in [6.07, 6.45) is 9.96. The van der Waals surface area contributed by atoms with Crippen molar-refractivity contribution >= 4 is 39.4 Å². The Bertz CT molecular complexity index is 1280. The predicted octanol–water partition coefficient (Wildman–Crippen LogP) is 6.44. The minimum absolute atomic E-state index is 0.0717. The molecule has 0 saturated carbocycles. The molecule has 1 amide bonds. The maximum atomic E-state index is 13.2. The Morgan fingerprint density at radius 3 is 2.88 bits per heavy atom. The highest BCUT2D eigenvalue weighted by atomic mass is 32.1. The average Bonchev–Trinajstić information content (AvgIpc) is 3.53. The molecule has 0 atom stereocenters. The number of nitrogens with zero attached hydrogens (tertiary/aromatic N) is 2. The Balaban J connectivity index is 1.50. The van der Waals surface area contributed by atoms with Gasteiger partial charge in [0, 0.05) is 39.8 Å². The first-order valence-corrected chi connectivity index (χ1v) is 12.0. The van der Waals surface area contributed by atoms with Crippen LogP contribution >= 0.6 is 11.3 Å². The van der Waals surface area contributed by atoms with Crippen LogP contribution in [0.15, 0.2) is 58.3 Å². The molecule has 0 fully saturated rings. The van der Waals surface area contributed by atoms with Crippen LogP contribution in [0.3, 0.4) is 0 Å². The van der Waals surface area contributed by atoms with Crippen molar-refractivity contribution in [2.24, 2.45) is 4.99 Å². The number of carbonyl (C=O) groups excluding carboxylic acids is 1. The number of fused-ring (bicyclic) bond motifs is 2. The molecule has 3 heterocycles. The summed E-state index contributed by atoms with van der Waals surface area (Å²) >= 11 is 1.66. The SMILES string of the molecule is CC(C)n1cc(C=Nc2sc3c(c2C(=O)NCc2ccco2)CCCC3)c2ccccc21. The molecular formula is C26H27N3O2S. The molecule has 0 spiro atoms. The zero-order valence-corrected chi connectivity index (χ0v) is 19.2. The zero-order valence-electron chi connectivity index (χ0n) is 18.4. The van der Waals surface area contributed by atoms with Gasteiger partial charge in [0.25, 0.3) is 5.91 Å². The van der Waals surface area contributed by atoms with Gasteiger partial charge in [0.1, 0.15) is 10.8 Å². The van der Waals surface area contributed by atoms with Gasteiger partial charge >= 0.3 is 0 Å². The normalized spacial score (nSPS) is 13.8. The van der Waals surface area contributed by atoms with Crippen molar-refractivity contribution in [3.05, 3.63) is 76.2 Å². The fourth-order valence-electron chi connectivity index (χ4n) is 4.44. The summed E-state index contributed by atoms with van der Waals surface area (Å²) in [6.45, 7) is 4.74. The number of furan rings is 1. The average molecular weight is 446 g/mol. The van der Waals surface area contributed by atoms with E-state index in [1.165, 1.54) is 27.8 Å². The molecule has 0 unspecified atom stereocenters. The molecule has 0 saturated heterocycles. The van der Waals surface area contributed by atoms with Gasteiger partial charge in [-0.2, -0.15) is 0 Å². The second kappa shape index (κ2) is 8.79. The van der Waals surface area contributed by atoms with Gasteiger partial charge in [-0.05, 0) is 63.3 Å². The molecule has 1 aliphatic rings. The molecule has 3 aromatic heterocycles.